The number of thioether (sulfide) groups is 1. The summed E-state index contributed by atoms with van der Waals surface area (Å²) in [6, 6.07) is 12.2. The lowest BCUT2D eigenvalue weighted by Gasteiger charge is -2.12. The van der Waals surface area contributed by atoms with Crippen LogP contribution in [-0.4, -0.2) is 34.5 Å². The minimum absolute atomic E-state index is 0.253. The molecule has 5 amide bonds. The Morgan fingerprint density at radius 3 is 2.56 bits per heavy atom. The van der Waals surface area contributed by atoms with Crippen LogP contribution in [0.5, 0.6) is 0 Å². The van der Waals surface area contributed by atoms with Gasteiger partial charge in [0.2, 0.25) is 5.91 Å². The number of hydrogen-bond acceptors (Lipinski definition) is 6. The van der Waals surface area contributed by atoms with Gasteiger partial charge in [-0.25, -0.2) is 4.79 Å². The van der Waals surface area contributed by atoms with E-state index in [1.807, 2.05) is 47.8 Å². The van der Waals surface area contributed by atoms with Crippen LogP contribution in [0.25, 0.3) is 6.08 Å². The molecule has 138 valence electrons. The van der Waals surface area contributed by atoms with E-state index in [1.165, 1.54) is 11.3 Å². The molecule has 0 aliphatic carbocycles. The summed E-state index contributed by atoms with van der Waals surface area (Å²) in [5.74, 6) is -1.28. The Bertz CT molecular complexity index is 895. The van der Waals surface area contributed by atoms with Crippen molar-refractivity contribution in [2.45, 2.75) is 6.54 Å². The number of rotatable bonds is 5. The quantitative estimate of drug-likeness (QED) is 0.751. The summed E-state index contributed by atoms with van der Waals surface area (Å²) >= 11 is 2.21. The van der Waals surface area contributed by atoms with Gasteiger partial charge in [0.1, 0.15) is 6.54 Å². The van der Waals surface area contributed by atoms with Gasteiger partial charge in [0, 0.05) is 11.4 Å². The van der Waals surface area contributed by atoms with Crippen LogP contribution in [0.2, 0.25) is 0 Å². The van der Waals surface area contributed by atoms with Crippen LogP contribution in [0.3, 0.4) is 0 Å². The summed E-state index contributed by atoms with van der Waals surface area (Å²) in [5.41, 5.74) is 0.879. The van der Waals surface area contributed by atoms with Crippen LogP contribution in [0.4, 0.5) is 9.59 Å². The van der Waals surface area contributed by atoms with Gasteiger partial charge in [-0.2, -0.15) is 0 Å². The molecule has 0 bridgehead atoms. The van der Waals surface area contributed by atoms with Crippen molar-refractivity contribution in [3.05, 3.63) is 63.2 Å². The maximum Gasteiger partial charge on any atom is 0.321 e. The highest BCUT2D eigenvalue weighted by atomic mass is 32.2. The van der Waals surface area contributed by atoms with Gasteiger partial charge in [-0.3, -0.25) is 24.6 Å². The lowest BCUT2D eigenvalue weighted by molar-refractivity contribution is -0.128. The number of thiophene rings is 1. The summed E-state index contributed by atoms with van der Waals surface area (Å²) in [7, 11) is 0. The van der Waals surface area contributed by atoms with Gasteiger partial charge < -0.3 is 5.32 Å². The van der Waals surface area contributed by atoms with Crippen LogP contribution in [0.15, 0.2) is 52.7 Å². The lowest BCUT2D eigenvalue weighted by Crippen LogP contribution is -2.45. The molecule has 2 aromatic rings. The molecular weight excluding hydrogens is 386 g/mol. The number of carbonyl (C=O) groups is 4. The van der Waals surface area contributed by atoms with Crippen LogP contribution >= 0.6 is 23.1 Å². The van der Waals surface area contributed by atoms with E-state index >= 15 is 0 Å². The van der Waals surface area contributed by atoms with Crippen LogP contribution in [0.1, 0.15) is 10.4 Å². The Labute approximate surface area is 163 Å². The highest BCUT2D eigenvalue weighted by Crippen LogP contribution is 2.32. The number of urea groups is 1. The second-order valence-electron chi connectivity index (χ2n) is 5.50. The first-order valence-electron chi connectivity index (χ1n) is 7.93. The van der Waals surface area contributed by atoms with E-state index < -0.39 is 29.6 Å². The first kappa shape index (κ1) is 18.9. The van der Waals surface area contributed by atoms with E-state index in [9.17, 15) is 19.2 Å². The topological polar surface area (TPSA) is 95.6 Å². The molecule has 2 N–H and O–H groups in total. The zero-order valence-corrected chi connectivity index (χ0v) is 15.6. The molecule has 27 heavy (non-hydrogen) atoms. The molecule has 0 unspecified atom stereocenters. The number of hydrogen-bond donors (Lipinski definition) is 2. The largest absolute Gasteiger partial charge is 0.334 e. The van der Waals surface area contributed by atoms with Gasteiger partial charge in [0.05, 0.1) is 4.91 Å². The minimum atomic E-state index is -0.736. The molecule has 1 aromatic carbocycles. The van der Waals surface area contributed by atoms with Gasteiger partial charge in [-0.05, 0) is 34.8 Å². The second kappa shape index (κ2) is 8.65. The summed E-state index contributed by atoms with van der Waals surface area (Å²) in [6.45, 7) is -0.254. The molecule has 3 rings (SSSR count). The molecule has 1 aliphatic heterocycles. The maximum atomic E-state index is 12.3. The summed E-state index contributed by atoms with van der Waals surface area (Å²) in [5, 5.41) is 5.98. The van der Waals surface area contributed by atoms with E-state index in [1.54, 1.807) is 6.08 Å². The molecule has 7 nitrogen and oxygen atoms in total. The molecule has 1 fully saturated rings. The van der Waals surface area contributed by atoms with Gasteiger partial charge in [-0.1, -0.05) is 36.4 Å². The summed E-state index contributed by atoms with van der Waals surface area (Å²) in [4.78, 5) is 50.0. The van der Waals surface area contributed by atoms with Crippen molar-refractivity contribution in [2.75, 3.05) is 6.54 Å². The first-order chi connectivity index (χ1) is 13.0. The molecule has 9 heteroatoms. The van der Waals surface area contributed by atoms with Gasteiger partial charge in [-0.15, -0.1) is 11.3 Å². The molecule has 0 spiro atoms. The molecule has 0 atom stereocenters. The number of benzene rings is 1. The Balaban J connectivity index is 1.52. The van der Waals surface area contributed by atoms with Crippen LogP contribution < -0.4 is 10.6 Å². The number of nitrogens with zero attached hydrogens (tertiary/aromatic N) is 1. The van der Waals surface area contributed by atoms with E-state index in [-0.39, 0.29) is 11.4 Å². The fourth-order valence-electron chi connectivity index (χ4n) is 2.27. The number of carbonyl (C=O) groups excluding carboxylic acids is 4. The fourth-order valence-corrected chi connectivity index (χ4v) is 3.83. The molecule has 1 aliphatic rings. The fraction of sp³-hybridized carbons (Fsp3) is 0.111. The molecule has 0 saturated carbocycles. The normalized spacial score (nSPS) is 15.3. The minimum Gasteiger partial charge on any atom is -0.334 e. The van der Waals surface area contributed by atoms with Gasteiger partial charge in [0.15, 0.2) is 0 Å². The van der Waals surface area contributed by atoms with E-state index in [0.29, 0.717) is 0 Å². The molecular formula is C18H15N3O4S2. The Kier molecular flexibility index (Phi) is 6.05. The zero-order chi connectivity index (χ0) is 19.2. The van der Waals surface area contributed by atoms with Crippen LogP contribution in [0, 0.1) is 0 Å². The Morgan fingerprint density at radius 2 is 1.85 bits per heavy atom. The number of nitrogens with one attached hydrogen (secondary N) is 2. The smallest absolute Gasteiger partial charge is 0.321 e. The average molecular weight is 401 g/mol. The van der Waals surface area contributed by atoms with E-state index in [0.717, 1.165) is 27.1 Å². The number of amides is 5. The third kappa shape index (κ3) is 5.05. The molecule has 0 radical (unpaired) electrons. The van der Waals surface area contributed by atoms with E-state index in [4.69, 9.17) is 0 Å². The van der Waals surface area contributed by atoms with Gasteiger partial charge >= 0.3 is 6.03 Å². The van der Waals surface area contributed by atoms with Crippen molar-refractivity contribution in [1.29, 1.82) is 0 Å². The predicted molar refractivity (Wildman–Crippen MR) is 104 cm³/mol. The standard InChI is InChI=1S/C18H15N3O4S2/c22-15(20-17(24)19-10-12-5-2-1-3-6-12)11-21-16(23)14(27-18(21)25)9-13-7-4-8-26-13/h1-9H,10-11H2,(H2,19,20,22,24)/b14-9-. The van der Waals surface area contributed by atoms with Crippen molar-refractivity contribution >= 4 is 52.3 Å². The van der Waals surface area contributed by atoms with Gasteiger partial charge in [0.25, 0.3) is 11.1 Å². The SMILES string of the molecule is O=C(CN1C(=O)S/C(=C\c2cccs2)C1=O)NC(=O)NCc1ccccc1. The maximum absolute atomic E-state index is 12.3. The lowest BCUT2D eigenvalue weighted by atomic mass is 10.2. The predicted octanol–water partition coefficient (Wildman–Crippen LogP) is 2.81. The van der Waals surface area contributed by atoms with Crippen molar-refractivity contribution in [3.8, 4) is 0 Å². The zero-order valence-electron chi connectivity index (χ0n) is 14.0. The van der Waals surface area contributed by atoms with Crippen molar-refractivity contribution < 1.29 is 19.2 Å². The summed E-state index contributed by atoms with van der Waals surface area (Å²) in [6.07, 6.45) is 1.61. The molecule has 1 saturated heterocycles. The summed E-state index contributed by atoms with van der Waals surface area (Å²) < 4.78 is 0. The first-order valence-corrected chi connectivity index (χ1v) is 9.63. The van der Waals surface area contributed by atoms with Crippen molar-refractivity contribution in [1.82, 2.24) is 15.5 Å². The highest BCUT2D eigenvalue weighted by molar-refractivity contribution is 8.18. The Morgan fingerprint density at radius 1 is 1.07 bits per heavy atom. The monoisotopic (exact) mass is 401 g/mol. The number of imide groups is 2. The second-order valence-corrected chi connectivity index (χ2v) is 7.47. The van der Waals surface area contributed by atoms with Crippen LogP contribution in [-0.2, 0) is 16.1 Å². The highest BCUT2D eigenvalue weighted by Gasteiger charge is 2.36. The Hall–Kier alpha value is -2.91. The third-order valence-electron chi connectivity index (χ3n) is 3.54. The van der Waals surface area contributed by atoms with Crippen molar-refractivity contribution in [3.63, 3.8) is 0 Å². The average Bonchev–Trinajstić information content (AvgIpc) is 3.25. The molecule has 2 heterocycles. The van der Waals surface area contributed by atoms with Crippen molar-refractivity contribution in [2.24, 2.45) is 0 Å². The molecule has 1 aromatic heterocycles. The third-order valence-corrected chi connectivity index (χ3v) is 5.27. The van der Waals surface area contributed by atoms with E-state index in [2.05, 4.69) is 10.6 Å².